The molecule has 0 spiro atoms. The molecule has 9 rings (SSSR count). The minimum atomic E-state index is -5.83. The van der Waals surface area contributed by atoms with E-state index < -0.39 is 25.9 Å². The van der Waals surface area contributed by atoms with E-state index in [0.717, 1.165) is 12.8 Å². The summed E-state index contributed by atoms with van der Waals surface area (Å²) in [4.78, 5) is 0. The van der Waals surface area contributed by atoms with E-state index in [2.05, 4.69) is 209 Å². The van der Waals surface area contributed by atoms with Crippen molar-refractivity contribution in [3.8, 4) is 33.4 Å². The van der Waals surface area contributed by atoms with Crippen molar-refractivity contribution >= 4 is 52.3 Å². The van der Waals surface area contributed by atoms with Crippen molar-refractivity contribution in [3.05, 3.63) is 172 Å². The Labute approximate surface area is 383 Å². The molecule has 4 heteroatoms. The number of halogens is 2. The van der Waals surface area contributed by atoms with E-state index in [-0.39, 0.29) is 18.1 Å². The Balaban J connectivity index is 1.43. The van der Waals surface area contributed by atoms with Gasteiger partial charge < -0.3 is 0 Å². The predicted molar refractivity (Wildman–Crippen MR) is 272 cm³/mol. The number of benzene rings is 6. The van der Waals surface area contributed by atoms with Gasteiger partial charge in [-0.1, -0.05) is 0 Å². The summed E-state index contributed by atoms with van der Waals surface area (Å²) in [6.45, 7) is 23.7. The Hall–Kier alpha value is -3.52. The molecule has 0 radical (unpaired) electrons. The van der Waals surface area contributed by atoms with Crippen LogP contribution in [-0.2, 0) is 29.2 Å². The van der Waals surface area contributed by atoms with Gasteiger partial charge in [-0.3, -0.25) is 0 Å². The fourth-order valence-electron chi connectivity index (χ4n) is 11.6. The number of hydrogen-bond acceptors (Lipinski definition) is 0. The zero-order valence-electron chi connectivity index (χ0n) is 38.5. The first kappa shape index (κ1) is 43.7. The first-order valence-electron chi connectivity index (χ1n) is 23.0. The molecule has 6 aromatic carbocycles. The van der Waals surface area contributed by atoms with Crippen LogP contribution in [0.5, 0.6) is 0 Å². The number of allylic oxidation sites excluding steroid dienone is 2. The van der Waals surface area contributed by atoms with Gasteiger partial charge in [-0.2, -0.15) is 0 Å². The first-order valence-corrected chi connectivity index (χ1v) is 34.8. The van der Waals surface area contributed by atoms with Gasteiger partial charge in [-0.25, -0.2) is 0 Å². The van der Waals surface area contributed by atoms with E-state index in [1.165, 1.54) is 91.6 Å². The average molecular weight is 950 g/mol. The Kier molecular flexibility index (Phi) is 11.2. The molecule has 62 heavy (non-hydrogen) atoms. The third-order valence-electron chi connectivity index (χ3n) is 14.1. The molecule has 0 N–H and O–H groups in total. The van der Waals surface area contributed by atoms with E-state index in [1.807, 2.05) is 0 Å². The van der Waals surface area contributed by atoms with E-state index in [9.17, 15) is 17.0 Å². The van der Waals surface area contributed by atoms with E-state index >= 15 is 0 Å². The summed E-state index contributed by atoms with van der Waals surface area (Å²) in [5.41, 5.74) is 18.3. The standard InChI is InChI=1S/2C23H27.C12H9Si.2ClH.Zr/c2*1-16(2)13-19-12-11-18-14-20(23(3,4)5)15-21(18)22(19)17-9-7-6-8-10-17;1-3-7-11-9(5-1)10-6-2-4-8-12(10)13-11;;;/h2*6-12,14-16H,13H2,1-5H3;1-7H,13H2;2*1H;/q;;;;;+2/p-2. The van der Waals surface area contributed by atoms with Crippen LogP contribution in [0.1, 0.15) is 110 Å². The zero-order chi connectivity index (χ0) is 44.0. The predicted octanol–water partition coefficient (Wildman–Crippen LogP) is 14.5. The number of rotatable bonds is 9. The van der Waals surface area contributed by atoms with E-state index in [1.54, 1.807) is 0 Å². The quantitative estimate of drug-likeness (QED) is 0.127. The van der Waals surface area contributed by atoms with Crippen molar-refractivity contribution in [1.29, 1.82) is 0 Å². The minimum absolute atomic E-state index is 0.160. The van der Waals surface area contributed by atoms with Crippen LogP contribution in [-0.4, -0.2) is 9.52 Å². The van der Waals surface area contributed by atoms with Gasteiger partial charge in [-0.15, -0.1) is 0 Å². The van der Waals surface area contributed by atoms with Crippen molar-refractivity contribution in [2.75, 3.05) is 0 Å². The summed E-state index contributed by atoms with van der Waals surface area (Å²) in [5.74, 6) is 1.02. The molecule has 0 bridgehead atoms. The Morgan fingerprint density at radius 2 is 0.952 bits per heavy atom. The molecule has 2 atom stereocenters. The van der Waals surface area contributed by atoms with Crippen molar-refractivity contribution in [1.82, 2.24) is 0 Å². The molecule has 6 aromatic rings. The topological polar surface area (TPSA) is 0 Å². The van der Waals surface area contributed by atoms with E-state index in [4.69, 9.17) is 0 Å². The Morgan fingerprint density at radius 3 is 1.40 bits per heavy atom. The van der Waals surface area contributed by atoms with Gasteiger partial charge in [0.25, 0.3) is 0 Å². The van der Waals surface area contributed by atoms with Crippen molar-refractivity contribution < 1.29 is 16.4 Å². The third-order valence-corrected chi connectivity index (χ3v) is 36.6. The molecule has 1 aliphatic heterocycles. The summed E-state index contributed by atoms with van der Waals surface area (Å²) in [5, 5.41) is 2.96. The second kappa shape index (κ2) is 15.9. The van der Waals surface area contributed by atoms with Gasteiger partial charge in [0.05, 0.1) is 0 Å². The normalized spacial score (nSPS) is 18.0. The first-order chi connectivity index (χ1) is 29.4. The van der Waals surface area contributed by atoms with Crippen LogP contribution in [0.4, 0.5) is 0 Å². The second-order valence-electron chi connectivity index (χ2n) is 21.5. The molecular formula is C58H63Cl2SiZr. The fourth-order valence-corrected chi connectivity index (χ4v) is 39.9. The summed E-state index contributed by atoms with van der Waals surface area (Å²) in [6, 6.07) is 48.2. The molecule has 2 unspecified atom stereocenters. The molecule has 0 saturated heterocycles. The van der Waals surface area contributed by atoms with Gasteiger partial charge in [0.2, 0.25) is 0 Å². The summed E-state index contributed by atoms with van der Waals surface area (Å²) in [6.07, 6.45) is 7.14. The summed E-state index contributed by atoms with van der Waals surface area (Å²) in [7, 11) is 18.2. The average Bonchev–Trinajstić information content (AvgIpc) is 3.94. The second-order valence-corrected chi connectivity index (χ2v) is 43.9. The third kappa shape index (κ3) is 7.19. The molecule has 317 valence electrons. The van der Waals surface area contributed by atoms with Gasteiger partial charge in [0, 0.05) is 0 Å². The molecule has 0 saturated carbocycles. The SMILES string of the molecule is CC(C)Cc1ccc2c(c1-c1ccccc1)C=C(C(C)(C)C)[CH]2[Zr]([Cl])([Cl])([c]1cccc2c1[SiH2]c1ccccc1-2)[CH]1C(C(C)(C)C)=Cc2c1ccc(CC(C)C)c2-c1ccccc1. The van der Waals surface area contributed by atoms with Crippen LogP contribution in [0.2, 0.25) is 0 Å². The van der Waals surface area contributed by atoms with Crippen LogP contribution in [0.3, 0.4) is 0 Å². The van der Waals surface area contributed by atoms with Gasteiger partial charge in [0.15, 0.2) is 0 Å². The van der Waals surface area contributed by atoms with Crippen LogP contribution >= 0.6 is 17.0 Å². The van der Waals surface area contributed by atoms with Gasteiger partial charge >= 0.3 is 386 Å². The fraction of sp³-hybridized carbons (Fsp3) is 0.310. The summed E-state index contributed by atoms with van der Waals surface area (Å²) < 4.78 is 0.967. The molecule has 0 fully saturated rings. The molecule has 1 heterocycles. The Morgan fingerprint density at radius 1 is 0.516 bits per heavy atom. The molecule has 0 nitrogen and oxygen atoms in total. The maximum absolute atomic E-state index is 9.58. The van der Waals surface area contributed by atoms with Crippen LogP contribution in [0.15, 0.2) is 139 Å². The van der Waals surface area contributed by atoms with Crippen LogP contribution < -0.4 is 13.6 Å². The molecule has 3 aliphatic rings. The zero-order valence-corrected chi connectivity index (χ0v) is 43.8. The Bertz CT molecular complexity index is 2640. The molecule has 2 aliphatic carbocycles. The molecule has 0 aromatic heterocycles. The van der Waals surface area contributed by atoms with Gasteiger partial charge in [-0.05, 0) is 0 Å². The molecular weight excluding hydrogens is 887 g/mol. The van der Waals surface area contributed by atoms with Crippen molar-refractivity contribution in [3.63, 3.8) is 0 Å². The monoisotopic (exact) mass is 947 g/mol. The van der Waals surface area contributed by atoms with Crippen LogP contribution in [0.25, 0.3) is 45.5 Å². The number of fused-ring (bicyclic) bond motifs is 5. The maximum atomic E-state index is 9.58. The molecule has 0 amide bonds. The van der Waals surface area contributed by atoms with E-state index in [0.29, 0.717) is 11.8 Å². The number of hydrogen-bond donors (Lipinski definition) is 0. The van der Waals surface area contributed by atoms with Crippen molar-refractivity contribution in [2.24, 2.45) is 22.7 Å². The van der Waals surface area contributed by atoms with Crippen molar-refractivity contribution in [2.45, 2.75) is 89.3 Å². The summed E-state index contributed by atoms with van der Waals surface area (Å²) >= 11 is -5.83. The van der Waals surface area contributed by atoms with Crippen LogP contribution in [0, 0.1) is 22.7 Å². The van der Waals surface area contributed by atoms with Gasteiger partial charge in [0.1, 0.15) is 0 Å².